The van der Waals surface area contributed by atoms with E-state index in [-0.39, 0.29) is 11.9 Å². The van der Waals surface area contributed by atoms with Gasteiger partial charge in [-0.05, 0) is 51.8 Å². The molecule has 0 aliphatic carbocycles. The molecular formula is C24H34BrClN2O5. The lowest BCUT2D eigenvalue weighted by Gasteiger charge is -2.09. The minimum Gasteiger partial charge on any atom is -0.469 e. The largest absolute Gasteiger partial charge is 0.469 e. The number of benzene rings is 2. The molecule has 0 saturated carbocycles. The van der Waals surface area contributed by atoms with Crippen molar-refractivity contribution in [2.45, 2.75) is 47.6 Å². The lowest BCUT2D eigenvalue weighted by atomic mass is 10.1. The third-order valence-electron chi connectivity index (χ3n) is 3.67. The van der Waals surface area contributed by atoms with Crippen LogP contribution in [0.1, 0.15) is 67.3 Å². The van der Waals surface area contributed by atoms with Crippen LogP contribution in [0.2, 0.25) is 5.02 Å². The summed E-state index contributed by atoms with van der Waals surface area (Å²) in [4.78, 5) is 33.6. The van der Waals surface area contributed by atoms with Crippen molar-refractivity contribution >= 4 is 51.1 Å². The molecular weight excluding hydrogens is 512 g/mol. The van der Waals surface area contributed by atoms with Crippen LogP contribution in [0.4, 0.5) is 5.69 Å². The van der Waals surface area contributed by atoms with Crippen LogP contribution in [-0.4, -0.2) is 32.1 Å². The molecule has 0 heterocycles. The van der Waals surface area contributed by atoms with Gasteiger partial charge in [-0.3, -0.25) is 9.59 Å². The standard InChI is InChI=1S/C16H14BrClN2O3.C4H8O2.2C2H6/c1-23-16(22)11-4-2-9(6-13(11)17)8-20-15(21)12-5-3-10(18)7-14(12)19;1-3-4(5)6-2;2*1-2/h2-7H,8,19H2,1H3,(H,20,21);3H2,1-2H3;2*1-2H3. The number of amides is 1. The number of ether oxygens (including phenoxy) is 2. The van der Waals surface area contributed by atoms with Crippen molar-refractivity contribution in [1.29, 1.82) is 0 Å². The highest BCUT2D eigenvalue weighted by Gasteiger charge is 2.12. The van der Waals surface area contributed by atoms with Crippen molar-refractivity contribution in [1.82, 2.24) is 5.32 Å². The molecule has 0 fully saturated rings. The summed E-state index contributed by atoms with van der Waals surface area (Å²) in [6, 6.07) is 9.82. The number of rotatable bonds is 5. The zero-order chi connectivity index (χ0) is 26.0. The Kier molecular flexibility index (Phi) is 18.7. The van der Waals surface area contributed by atoms with E-state index in [0.29, 0.717) is 39.3 Å². The Morgan fingerprint density at radius 1 is 0.970 bits per heavy atom. The molecule has 7 nitrogen and oxygen atoms in total. The number of carbonyl (C=O) groups excluding carboxylic acids is 3. The average Bonchev–Trinajstić information content (AvgIpc) is 2.84. The number of halogens is 2. The molecule has 0 unspecified atom stereocenters. The van der Waals surface area contributed by atoms with E-state index in [1.807, 2.05) is 27.7 Å². The molecule has 0 aromatic heterocycles. The van der Waals surface area contributed by atoms with Gasteiger partial charge in [0.15, 0.2) is 0 Å². The molecule has 0 spiro atoms. The molecule has 2 rings (SSSR count). The van der Waals surface area contributed by atoms with E-state index in [0.717, 1.165) is 5.56 Å². The maximum Gasteiger partial charge on any atom is 0.339 e. The van der Waals surface area contributed by atoms with Gasteiger partial charge in [0, 0.05) is 28.1 Å². The van der Waals surface area contributed by atoms with Crippen molar-refractivity contribution in [3.8, 4) is 0 Å². The van der Waals surface area contributed by atoms with E-state index >= 15 is 0 Å². The van der Waals surface area contributed by atoms with Gasteiger partial charge in [0.05, 0.1) is 25.3 Å². The zero-order valence-electron chi connectivity index (χ0n) is 20.3. The predicted octanol–water partition coefficient (Wildman–Crippen LogP) is 6.02. The molecule has 9 heteroatoms. The maximum atomic E-state index is 12.1. The molecule has 0 aliphatic heterocycles. The summed E-state index contributed by atoms with van der Waals surface area (Å²) in [7, 11) is 2.70. The quantitative estimate of drug-likeness (QED) is 0.351. The summed E-state index contributed by atoms with van der Waals surface area (Å²) in [6.45, 7) is 10.0. The summed E-state index contributed by atoms with van der Waals surface area (Å²) in [5.41, 5.74) is 7.70. The Labute approximate surface area is 210 Å². The van der Waals surface area contributed by atoms with E-state index in [4.69, 9.17) is 17.3 Å². The molecule has 0 radical (unpaired) electrons. The second kappa shape index (κ2) is 18.9. The lowest BCUT2D eigenvalue weighted by Crippen LogP contribution is -2.23. The summed E-state index contributed by atoms with van der Waals surface area (Å²) in [5.74, 6) is -0.885. The topological polar surface area (TPSA) is 108 Å². The van der Waals surface area contributed by atoms with Crippen molar-refractivity contribution in [2.24, 2.45) is 0 Å². The van der Waals surface area contributed by atoms with Crippen molar-refractivity contribution in [2.75, 3.05) is 20.0 Å². The third-order valence-corrected chi connectivity index (χ3v) is 4.56. The molecule has 2 aromatic rings. The van der Waals surface area contributed by atoms with Crippen LogP contribution >= 0.6 is 27.5 Å². The normalized spacial score (nSPS) is 8.88. The second-order valence-corrected chi connectivity index (χ2v) is 6.94. The van der Waals surface area contributed by atoms with Gasteiger partial charge in [-0.25, -0.2) is 4.79 Å². The summed E-state index contributed by atoms with van der Waals surface area (Å²) >= 11 is 9.12. The molecule has 0 aliphatic rings. The third kappa shape index (κ3) is 12.3. The van der Waals surface area contributed by atoms with Crippen molar-refractivity contribution in [3.63, 3.8) is 0 Å². The fraction of sp³-hybridized carbons (Fsp3) is 0.375. The van der Waals surface area contributed by atoms with Crippen molar-refractivity contribution < 1.29 is 23.9 Å². The van der Waals surface area contributed by atoms with E-state index < -0.39 is 5.97 Å². The molecule has 0 atom stereocenters. The van der Waals surface area contributed by atoms with Gasteiger partial charge in [-0.15, -0.1) is 0 Å². The highest BCUT2D eigenvalue weighted by Crippen LogP contribution is 2.20. The van der Waals surface area contributed by atoms with Gasteiger partial charge in [-0.2, -0.15) is 0 Å². The second-order valence-electron chi connectivity index (χ2n) is 5.65. The van der Waals surface area contributed by atoms with Crippen LogP contribution in [0.3, 0.4) is 0 Å². The molecule has 0 bridgehead atoms. The predicted molar refractivity (Wildman–Crippen MR) is 138 cm³/mol. The van der Waals surface area contributed by atoms with Crippen LogP contribution < -0.4 is 11.1 Å². The minimum absolute atomic E-state index is 0.157. The van der Waals surface area contributed by atoms with Crippen LogP contribution in [-0.2, 0) is 20.8 Å². The first-order chi connectivity index (χ1) is 15.7. The minimum atomic E-state index is -0.429. The molecule has 0 saturated heterocycles. The molecule has 33 heavy (non-hydrogen) atoms. The first-order valence-corrected chi connectivity index (χ1v) is 11.7. The Balaban J connectivity index is 0. The Hall–Kier alpha value is -2.58. The SMILES string of the molecule is CC.CC.CCC(=O)OC.COC(=O)c1ccc(CNC(=O)c2ccc(Cl)cc2N)cc1Br. The van der Waals surface area contributed by atoms with Crippen LogP contribution in [0.25, 0.3) is 0 Å². The number of anilines is 1. The van der Waals surface area contributed by atoms with Gasteiger partial charge in [0.1, 0.15) is 0 Å². The van der Waals surface area contributed by atoms with Gasteiger partial charge in [0.2, 0.25) is 0 Å². The van der Waals surface area contributed by atoms with E-state index in [1.165, 1.54) is 20.3 Å². The first-order valence-electron chi connectivity index (χ1n) is 10.5. The number of nitrogens with one attached hydrogen (secondary N) is 1. The Morgan fingerprint density at radius 3 is 1.97 bits per heavy atom. The molecule has 184 valence electrons. The van der Waals surface area contributed by atoms with Crippen LogP contribution in [0.15, 0.2) is 40.9 Å². The summed E-state index contributed by atoms with van der Waals surface area (Å²) in [5, 5.41) is 3.24. The number of carbonyl (C=O) groups is 3. The summed E-state index contributed by atoms with van der Waals surface area (Å²) < 4.78 is 9.53. The summed E-state index contributed by atoms with van der Waals surface area (Å²) in [6.07, 6.45) is 0.469. The number of nitrogens with two attached hydrogens (primary N) is 1. The lowest BCUT2D eigenvalue weighted by molar-refractivity contribution is -0.140. The fourth-order valence-electron chi connectivity index (χ4n) is 2.11. The maximum absolute atomic E-state index is 12.1. The van der Waals surface area contributed by atoms with Gasteiger partial charge in [0.25, 0.3) is 5.91 Å². The molecule has 2 aromatic carbocycles. The van der Waals surface area contributed by atoms with Crippen LogP contribution in [0, 0.1) is 0 Å². The highest BCUT2D eigenvalue weighted by atomic mass is 79.9. The van der Waals surface area contributed by atoms with Crippen molar-refractivity contribution in [3.05, 3.63) is 62.6 Å². The van der Waals surface area contributed by atoms with Gasteiger partial charge < -0.3 is 20.5 Å². The number of nitrogen functional groups attached to an aromatic ring is 1. The number of esters is 2. The average molecular weight is 546 g/mol. The smallest absolute Gasteiger partial charge is 0.339 e. The zero-order valence-corrected chi connectivity index (χ0v) is 22.6. The van der Waals surface area contributed by atoms with E-state index in [1.54, 1.807) is 37.3 Å². The number of hydrogen-bond acceptors (Lipinski definition) is 6. The van der Waals surface area contributed by atoms with Gasteiger partial charge in [-0.1, -0.05) is 52.3 Å². The number of hydrogen-bond donors (Lipinski definition) is 2. The van der Waals surface area contributed by atoms with E-state index in [2.05, 4.69) is 30.7 Å². The van der Waals surface area contributed by atoms with Crippen LogP contribution in [0.5, 0.6) is 0 Å². The monoisotopic (exact) mass is 544 g/mol. The Morgan fingerprint density at radius 2 is 1.55 bits per heavy atom. The fourth-order valence-corrected chi connectivity index (χ4v) is 2.87. The number of methoxy groups -OCH3 is 2. The van der Waals surface area contributed by atoms with E-state index in [9.17, 15) is 14.4 Å². The molecule has 3 N–H and O–H groups in total. The molecule has 1 amide bonds. The highest BCUT2D eigenvalue weighted by molar-refractivity contribution is 9.10. The first kappa shape index (κ1) is 32.6. The Bertz CT molecular complexity index is 885. The van der Waals surface area contributed by atoms with Gasteiger partial charge >= 0.3 is 11.9 Å².